The van der Waals surface area contributed by atoms with Crippen LogP contribution in [0.15, 0.2) is 72.9 Å². The molecular weight excluding hydrogens is 563 g/mol. The van der Waals surface area contributed by atoms with Crippen LogP contribution in [0, 0.1) is 5.82 Å². The van der Waals surface area contributed by atoms with Crippen LogP contribution < -0.4 is 20.3 Å². The molecule has 1 aliphatic heterocycles. The van der Waals surface area contributed by atoms with Crippen molar-refractivity contribution in [2.24, 2.45) is 0 Å². The van der Waals surface area contributed by atoms with Gasteiger partial charge in [0.05, 0.1) is 12.8 Å². The number of benzene rings is 3. The number of hydrogen-bond acceptors (Lipinski definition) is 5. The summed E-state index contributed by atoms with van der Waals surface area (Å²) in [6, 6.07) is 17.5. The molecule has 0 saturated carbocycles. The van der Waals surface area contributed by atoms with E-state index in [0.29, 0.717) is 23.7 Å². The topological polar surface area (TPSA) is 110 Å². The van der Waals surface area contributed by atoms with Gasteiger partial charge in [-0.3, -0.25) is 9.59 Å². The number of aromatic nitrogens is 1. The van der Waals surface area contributed by atoms with Crippen molar-refractivity contribution < 1.29 is 23.5 Å². The molecule has 2 heterocycles. The molecule has 3 N–H and O–H groups in total. The third kappa shape index (κ3) is 6.68. The van der Waals surface area contributed by atoms with Gasteiger partial charge in [-0.2, -0.15) is 0 Å². The maximum atomic E-state index is 14.0. The predicted octanol–water partition coefficient (Wildman–Crippen LogP) is 4.55. The van der Waals surface area contributed by atoms with Crippen LogP contribution in [0.1, 0.15) is 24.0 Å². The van der Waals surface area contributed by atoms with Gasteiger partial charge in [0.15, 0.2) is 0 Å². The number of aromatic amines is 1. The van der Waals surface area contributed by atoms with E-state index in [-0.39, 0.29) is 25.5 Å². The molecule has 11 heteroatoms. The molecule has 230 valence electrons. The van der Waals surface area contributed by atoms with E-state index < -0.39 is 29.7 Å². The van der Waals surface area contributed by atoms with E-state index in [0.717, 1.165) is 22.0 Å². The van der Waals surface area contributed by atoms with E-state index in [9.17, 15) is 18.8 Å². The molecule has 0 bridgehead atoms. The lowest BCUT2D eigenvalue weighted by Crippen LogP contribution is -2.58. The van der Waals surface area contributed by atoms with E-state index >= 15 is 0 Å². The number of anilines is 2. The van der Waals surface area contributed by atoms with E-state index in [4.69, 9.17) is 4.74 Å². The van der Waals surface area contributed by atoms with E-state index in [1.165, 1.54) is 41.2 Å². The minimum Gasteiger partial charge on any atom is -0.495 e. The summed E-state index contributed by atoms with van der Waals surface area (Å²) in [5.74, 6) is -1.07. The Morgan fingerprint density at radius 3 is 2.52 bits per heavy atom. The lowest BCUT2D eigenvalue weighted by molar-refractivity contribution is -0.120. The molecule has 0 unspecified atom stereocenters. The molecular formula is C33H37FN6O4. The molecule has 1 fully saturated rings. The van der Waals surface area contributed by atoms with Gasteiger partial charge >= 0.3 is 6.03 Å². The number of piperazine rings is 1. The summed E-state index contributed by atoms with van der Waals surface area (Å²) in [5.41, 5.74) is 3.82. The smallest absolute Gasteiger partial charge is 0.318 e. The Labute approximate surface area is 255 Å². The largest absolute Gasteiger partial charge is 0.495 e. The van der Waals surface area contributed by atoms with Gasteiger partial charge in [-0.05, 0) is 67.7 Å². The zero-order valence-corrected chi connectivity index (χ0v) is 25.3. The summed E-state index contributed by atoms with van der Waals surface area (Å²) in [6.45, 7) is 2.85. The Bertz CT molecular complexity index is 1650. The van der Waals surface area contributed by atoms with Crippen LogP contribution in [-0.4, -0.2) is 79.5 Å². The van der Waals surface area contributed by atoms with Crippen molar-refractivity contribution >= 4 is 40.1 Å². The summed E-state index contributed by atoms with van der Waals surface area (Å²) in [6.07, 6.45) is 1.85. The molecule has 0 radical (unpaired) electrons. The zero-order valence-electron chi connectivity index (χ0n) is 25.3. The predicted molar refractivity (Wildman–Crippen MR) is 168 cm³/mol. The molecule has 2 atom stereocenters. The number of halogens is 1. The highest BCUT2D eigenvalue weighted by molar-refractivity contribution is 6.01. The van der Waals surface area contributed by atoms with Gasteiger partial charge in [-0.1, -0.05) is 31.2 Å². The summed E-state index contributed by atoms with van der Waals surface area (Å²) in [4.78, 5) is 48.8. The molecule has 10 nitrogen and oxygen atoms in total. The summed E-state index contributed by atoms with van der Waals surface area (Å²) in [5, 5.41) is 6.85. The molecule has 44 heavy (non-hydrogen) atoms. The van der Waals surface area contributed by atoms with Crippen molar-refractivity contribution in [3.8, 4) is 5.75 Å². The fraction of sp³-hybridized carbons (Fsp3) is 0.303. The number of urea groups is 1. The van der Waals surface area contributed by atoms with E-state index in [2.05, 4.69) is 15.6 Å². The van der Waals surface area contributed by atoms with Crippen LogP contribution in [0.25, 0.3) is 10.9 Å². The maximum Gasteiger partial charge on any atom is 0.318 e. The summed E-state index contributed by atoms with van der Waals surface area (Å²) < 4.78 is 18.9. The molecule has 5 rings (SSSR count). The minimum atomic E-state index is -0.992. The lowest BCUT2D eigenvalue weighted by Gasteiger charge is -2.35. The van der Waals surface area contributed by atoms with Crippen molar-refractivity contribution in [3.05, 3.63) is 89.9 Å². The molecule has 0 aliphatic carbocycles. The number of H-pyrrole nitrogens is 1. The first-order valence-corrected chi connectivity index (χ1v) is 14.4. The van der Waals surface area contributed by atoms with Gasteiger partial charge in [0.2, 0.25) is 11.8 Å². The quantitative estimate of drug-likeness (QED) is 0.261. The van der Waals surface area contributed by atoms with Gasteiger partial charge in [0.25, 0.3) is 0 Å². The summed E-state index contributed by atoms with van der Waals surface area (Å²) in [7, 11) is 5.45. The number of nitrogens with zero attached hydrogens (tertiary/aromatic N) is 3. The number of ether oxygens (including phenoxy) is 1. The van der Waals surface area contributed by atoms with Gasteiger partial charge in [-0.15, -0.1) is 0 Å². The van der Waals surface area contributed by atoms with Crippen molar-refractivity contribution in [2.75, 3.05) is 51.1 Å². The second kappa shape index (κ2) is 13.2. The molecule has 4 amide bonds. The average Bonchev–Trinajstić information content (AvgIpc) is 3.44. The van der Waals surface area contributed by atoms with Crippen molar-refractivity contribution in [1.29, 1.82) is 0 Å². The van der Waals surface area contributed by atoms with Crippen molar-refractivity contribution in [1.82, 2.24) is 20.1 Å². The monoisotopic (exact) mass is 600 g/mol. The summed E-state index contributed by atoms with van der Waals surface area (Å²) >= 11 is 0. The number of hydrogen-bond donors (Lipinski definition) is 3. The number of carbonyl (C=O) groups is 3. The second-order valence-electron chi connectivity index (χ2n) is 11.2. The Kier molecular flexibility index (Phi) is 9.15. The third-order valence-corrected chi connectivity index (χ3v) is 7.84. The average molecular weight is 601 g/mol. The highest BCUT2D eigenvalue weighted by atomic mass is 19.1. The third-order valence-electron chi connectivity index (χ3n) is 7.84. The normalized spacial score (nSPS) is 14.9. The van der Waals surface area contributed by atoms with Crippen molar-refractivity contribution in [2.45, 2.75) is 25.4 Å². The second-order valence-corrected chi connectivity index (χ2v) is 11.2. The standard InChI is InChI=1S/C33H37FN6O4/c1-21(26-18-35-27-8-6-5-7-25(26)27)31(32(42)36-28-17-22(19-38(2)3)9-14-29(28)44-4)37-33(43)39-15-16-40(30(41)20-39)24-12-10-23(34)11-13-24/h5-14,17-18,21,31,35H,15-16,19-20H2,1-4H3,(H,36,42)(H,37,43)/t21-,31-/m1/s1. The first kappa shape index (κ1) is 30.6. The number of rotatable bonds is 9. The fourth-order valence-electron chi connectivity index (χ4n) is 5.56. The lowest BCUT2D eigenvalue weighted by atomic mass is 9.92. The fourth-order valence-corrected chi connectivity index (χ4v) is 5.56. The number of fused-ring (bicyclic) bond motifs is 1. The highest BCUT2D eigenvalue weighted by Gasteiger charge is 2.34. The highest BCUT2D eigenvalue weighted by Crippen LogP contribution is 2.31. The van der Waals surface area contributed by atoms with Gasteiger partial charge in [0.1, 0.15) is 24.2 Å². The number of amides is 4. The maximum absolute atomic E-state index is 14.0. The first-order chi connectivity index (χ1) is 21.1. The van der Waals surface area contributed by atoms with Crippen LogP contribution >= 0.6 is 0 Å². The molecule has 3 aromatic carbocycles. The van der Waals surface area contributed by atoms with Gasteiger partial charge < -0.3 is 35.1 Å². The number of carbonyl (C=O) groups excluding carboxylic acids is 3. The SMILES string of the molecule is COc1ccc(CN(C)C)cc1NC(=O)[C@H](NC(=O)N1CCN(c2ccc(F)cc2)C(=O)C1)[C@H](C)c1c[nH]c2ccccc12. The van der Waals surface area contributed by atoms with Crippen LogP contribution in [0.4, 0.5) is 20.6 Å². The number of nitrogens with one attached hydrogen (secondary N) is 3. The Morgan fingerprint density at radius 2 is 1.82 bits per heavy atom. The van der Waals surface area contributed by atoms with Crippen LogP contribution in [0.2, 0.25) is 0 Å². The van der Waals surface area contributed by atoms with Crippen LogP contribution in [0.5, 0.6) is 5.75 Å². The minimum absolute atomic E-state index is 0.181. The van der Waals surface area contributed by atoms with E-state index in [1.807, 2.05) is 68.5 Å². The molecule has 1 aromatic heterocycles. The number of methoxy groups -OCH3 is 1. The molecule has 1 aliphatic rings. The van der Waals surface area contributed by atoms with Gasteiger partial charge in [0, 0.05) is 48.3 Å². The zero-order chi connectivity index (χ0) is 31.4. The van der Waals surface area contributed by atoms with E-state index in [1.54, 1.807) is 6.07 Å². The Morgan fingerprint density at radius 1 is 1.07 bits per heavy atom. The molecule has 0 spiro atoms. The van der Waals surface area contributed by atoms with Crippen LogP contribution in [-0.2, 0) is 16.1 Å². The first-order valence-electron chi connectivity index (χ1n) is 14.4. The molecule has 4 aromatic rings. The Balaban J connectivity index is 1.39. The van der Waals surface area contributed by atoms with Crippen LogP contribution in [0.3, 0.4) is 0 Å². The molecule has 1 saturated heterocycles. The van der Waals surface area contributed by atoms with Crippen molar-refractivity contribution in [3.63, 3.8) is 0 Å². The number of para-hydroxylation sites is 1. The van der Waals surface area contributed by atoms with Gasteiger partial charge in [-0.25, -0.2) is 9.18 Å². The Hall–Kier alpha value is -4.90.